The minimum atomic E-state index is -2.30. The van der Waals surface area contributed by atoms with Gasteiger partial charge in [-0.25, -0.2) is 0 Å². The van der Waals surface area contributed by atoms with Crippen molar-refractivity contribution in [2.45, 2.75) is 80.8 Å². The van der Waals surface area contributed by atoms with Crippen molar-refractivity contribution < 1.29 is 56.2 Å². The van der Waals surface area contributed by atoms with Crippen molar-refractivity contribution >= 4 is 0 Å². The first-order valence-corrected chi connectivity index (χ1v) is 7.92. The summed E-state index contributed by atoms with van der Waals surface area (Å²) in [6, 6.07) is 0. The summed E-state index contributed by atoms with van der Waals surface area (Å²) in [6.45, 7) is 0.744. The lowest BCUT2D eigenvalue weighted by molar-refractivity contribution is -0.191. The predicted molar refractivity (Wildman–Crippen MR) is 82.1 cm³/mol. The van der Waals surface area contributed by atoms with Crippen molar-refractivity contribution in [3.8, 4) is 0 Å². The number of aliphatic hydroxyl groups excluding tert-OH is 11. The van der Waals surface area contributed by atoms with Gasteiger partial charge in [-0.2, -0.15) is 0 Å². The Hall–Kier alpha value is -0.440. The van der Waals surface area contributed by atoms with Crippen LogP contribution >= 0.6 is 0 Å². The van der Waals surface area contributed by atoms with Crippen LogP contribution in [0.5, 0.6) is 0 Å². The zero-order chi connectivity index (χ0) is 19.9. The van der Waals surface area contributed by atoms with Crippen LogP contribution < -0.4 is 0 Å². The Labute approximate surface area is 144 Å². The predicted octanol–water partition coefficient (Wildman–Crippen LogP) is -5.61. The summed E-state index contributed by atoms with van der Waals surface area (Å²) < 4.78 is 0. The standard InChI is InChI=1S/C14H30O11/c1-2-3-5(16)7(18)9(20)11(22)13(24)14(25)12(23)10(21)8(19)6(17)4-15/h5-25H,2-4H2,1H3. The van der Waals surface area contributed by atoms with E-state index in [0.29, 0.717) is 6.42 Å². The second-order valence-corrected chi connectivity index (χ2v) is 6.03. The van der Waals surface area contributed by atoms with Crippen molar-refractivity contribution in [1.29, 1.82) is 0 Å². The lowest BCUT2D eigenvalue weighted by Crippen LogP contribution is -2.58. The molecule has 11 nitrogen and oxygen atoms in total. The molecule has 0 rings (SSSR count). The molecule has 10 unspecified atom stereocenters. The lowest BCUT2D eigenvalue weighted by atomic mass is 9.90. The van der Waals surface area contributed by atoms with E-state index in [0.717, 1.165) is 0 Å². The van der Waals surface area contributed by atoms with Crippen LogP contribution in [0.15, 0.2) is 0 Å². The SMILES string of the molecule is CCCC(O)C(O)C(O)C(O)C(O)C(O)C(O)C(O)C(O)C(O)CO. The van der Waals surface area contributed by atoms with Gasteiger partial charge in [-0.3, -0.25) is 0 Å². The average Bonchev–Trinajstić information content (AvgIpc) is 2.62. The molecule has 0 aromatic rings. The number of rotatable bonds is 12. The van der Waals surface area contributed by atoms with Gasteiger partial charge in [0.1, 0.15) is 54.9 Å². The maximum absolute atomic E-state index is 9.80. The third kappa shape index (κ3) is 6.66. The van der Waals surface area contributed by atoms with Gasteiger partial charge in [-0.1, -0.05) is 13.3 Å². The van der Waals surface area contributed by atoms with E-state index in [2.05, 4.69) is 0 Å². The molecular weight excluding hydrogens is 344 g/mol. The molecule has 0 aliphatic heterocycles. The fourth-order valence-electron chi connectivity index (χ4n) is 2.24. The van der Waals surface area contributed by atoms with Crippen molar-refractivity contribution in [1.82, 2.24) is 0 Å². The molecule has 0 spiro atoms. The van der Waals surface area contributed by atoms with Crippen LogP contribution in [-0.2, 0) is 0 Å². The smallest absolute Gasteiger partial charge is 0.111 e. The summed E-state index contributed by atoms with van der Waals surface area (Å²) in [5, 5.41) is 105. The Balaban J connectivity index is 4.92. The summed E-state index contributed by atoms with van der Waals surface area (Å²) in [7, 11) is 0. The zero-order valence-corrected chi connectivity index (χ0v) is 13.8. The highest BCUT2D eigenvalue weighted by atomic mass is 16.4. The van der Waals surface area contributed by atoms with E-state index in [4.69, 9.17) is 5.11 Å². The topological polar surface area (TPSA) is 223 Å². The molecule has 152 valence electrons. The fraction of sp³-hybridized carbons (Fsp3) is 1.00. The molecule has 0 aromatic carbocycles. The second kappa shape index (κ2) is 11.3. The van der Waals surface area contributed by atoms with Gasteiger partial charge >= 0.3 is 0 Å². The van der Waals surface area contributed by atoms with Crippen molar-refractivity contribution in [3.05, 3.63) is 0 Å². The van der Waals surface area contributed by atoms with Gasteiger partial charge in [-0.15, -0.1) is 0 Å². The van der Waals surface area contributed by atoms with Gasteiger partial charge in [-0.05, 0) is 6.42 Å². The molecule has 0 radical (unpaired) electrons. The largest absolute Gasteiger partial charge is 0.394 e. The summed E-state index contributed by atoms with van der Waals surface area (Å²) in [5.41, 5.74) is 0. The monoisotopic (exact) mass is 374 g/mol. The second-order valence-electron chi connectivity index (χ2n) is 6.03. The van der Waals surface area contributed by atoms with Gasteiger partial charge in [0.25, 0.3) is 0 Å². The van der Waals surface area contributed by atoms with Crippen LogP contribution in [0, 0.1) is 0 Å². The van der Waals surface area contributed by atoms with Gasteiger partial charge < -0.3 is 56.2 Å². The maximum Gasteiger partial charge on any atom is 0.111 e. The molecule has 0 aromatic heterocycles. The molecule has 0 amide bonds. The highest BCUT2D eigenvalue weighted by Crippen LogP contribution is 2.17. The summed E-state index contributed by atoms with van der Waals surface area (Å²) in [6.07, 6.45) is -19.9. The van der Waals surface area contributed by atoms with E-state index in [1.807, 2.05) is 0 Å². The Morgan fingerprint density at radius 1 is 0.480 bits per heavy atom. The first-order chi connectivity index (χ1) is 11.5. The van der Waals surface area contributed by atoms with Crippen LogP contribution in [0.4, 0.5) is 0 Å². The molecule has 0 fully saturated rings. The highest BCUT2D eigenvalue weighted by Gasteiger charge is 2.42. The van der Waals surface area contributed by atoms with Gasteiger partial charge in [0.2, 0.25) is 0 Å². The number of hydrogen-bond acceptors (Lipinski definition) is 11. The molecule has 0 saturated heterocycles. The molecule has 0 aliphatic carbocycles. The fourth-order valence-corrected chi connectivity index (χ4v) is 2.24. The summed E-state index contributed by atoms with van der Waals surface area (Å²) >= 11 is 0. The Morgan fingerprint density at radius 2 is 0.760 bits per heavy atom. The van der Waals surface area contributed by atoms with Crippen molar-refractivity contribution in [3.63, 3.8) is 0 Å². The quantitative estimate of drug-likeness (QED) is 0.154. The highest BCUT2D eigenvalue weighted by molar-refractivity contribution is 4.93. The van der Waals surface area contributed by atoms with Crippen LogP contribution in [0.3, 0.4) is 0 Å². The van der Waals surface area contributed by atoms with Gasteiger partial charge in [0.05, 0.1) is 12.7 Å². The number of hydrogen-bond donors (Lipinski definition) is 11. The van der Waals surface area contributed by atoms with E-state index in [1.54, 1.807) is 6.92 Å². The van der Waals surface area contributed by atoms with Crippen molar-refractivity contribution in [2.75, 3.05) is 6.61 Å². The molecule has 11 heteroatoms. The van der Waals surface area contributed by atoms with E-state index >= 15 is 0 Å². The molecular formula is C14H30O11. The minimum absolute atomic E-state index is 0.0934. The molecule has 11 N–H and O–H groups in total. The summed E-state index contributed by atoms with van der Waals surface area (Å²) in [5.74, 6) is 0. The van der Waals surface area contributed by atoms with Gasteiger partial charge in [0.15, 0.2) is 0 Å². The minimum Gasteiger partial charge on any atom is -0.394 e. The molecule has 10 atom stereocenters. The lowest BCUT2D eigenvalue weighted by Gasteiger charge is -2.34. The van der Waals surface area contributed by atoms with Crippen molar-refractivity contribution in [2.24, 2.45) is 0 Å². The average molecular weight is 374 g/mol. The Kier molecular flexibility index (Phi) is 11.1. The zero-order valence-electron chi connectivity index (χ0n) is 13.8. The van der Waals surface area contributed by atoms with Crippen LogP contribution in [-0.4, -0.2) is 124 Å². The third-order valence-corrected chi connectivity index (χ3v) is 4.01. The normalized spacial score (nSPS) is 24.5. The van der Waals surface area contributed by atoms with Crippen LogP contribution in [0.25, 0.3) is 0 Å². The van der Waals surface area contributed by atoms with E-state index in [9.17, 15) is 51.1 Å². The van der Waals surface area contributed by atoms with E-state index in [-0.39, 0.29) is 6.42 Å². The molecule has 0 saturated carbocycles. The first kappa shape index (κ1) is 24.6. The van der Waals surface area contributed by atoms with Crippen LogP contribution in [0.1, 0.15) is 19.8 Å². The van der Waals surface area contributed by atoms with E-state index < -0.39 is 67.6 Å². The summed E-state index contributed by atoms with van der Waals surface area (Å²) in [4.78, 5) is 0. The number of aliphatic hydroxyl groups is 11. The molecule has 25 heavy (non-hydrogen) atoms. The van der Waals surface area contributed by atoms with Gasteiger partial charge in [0, 0.05) is 0 Å². The Bertz CT molecular complexity index is 358. The van der Waals surface area contributed by atoms with E-state index in [1.165, 1.54) is 0 Å². The molecule has 0 bridgehead atoms. The third-order valence-electron chi connectivity index (χ3n) is 4.01. The first-order valence-electron chi connectivity index (χ1n) is 7.92. The molecule has 0 heterocycles. The Morgan fingerprint density at radius 3 is 1.04 bits per heavy atom. The van der Waals surface area contributed by atoms with Crippen LogP contribution in [0.2, 0.25) is 0 Å². The molecule has 0 aliphatic rings. The maximum atomic E-state index is 9.80.